The van der Waals surface area contributed by atoms with Crippen molar-refractivity contribution in [2.45, 2.75) is 32.1 Å². The van der Waals surface area contributed by atoms with Gasteiger partial charge in [0, 0.05) is 12.7 Å². The first-order valence-corrected chi connectivity index (χ1v) is 10.2. The van der Waals surface area contributed by atoms with Crippen molar-refractivity contribution in [1.29, 1.82) is 0 Å². The Hall–Kier alpha value is -3.02. The van der Waals surface area contributed by atoms with Crippen LogP contribution in [0.4, 0.5) is 5.82 Å². The summed E-state index contributed by atoms with van der Waals surface area (Å²) in [5.74, 6) is 2.15. The number of ether oxygens (including phenoxy) is 2. The van der Waals surface area contributed by atoms with Gasteiger partial charge in [-0.2, -0.15) is 0 Å². The van der Waals surface area contributed by atoms with Gasteiger partial charge in [-0.25, -0.2) is 4.98 Å². The summed E-state index contributed by atoms with van der Waals surface area (Å²) in [4.78, 5) is 16.6. The minimum Gasteiger partial charge on any atom is -0.497 e. The number of methoxy groups -OCH3 is 1. The number of nitrogens with one attached hydrogen (secondary N) is 2. The maximum absolute atomic E-state index is 12.2. The summed E-state index contributed by atoms with van der Waals surface area (Å²) in [6.45, 7) is 1.67. The molecule has 0 spiro atoms. The van der Waals surface area contributed by atoms with E-state index in [1.54, 1.807) is 19.4 Å². The van der Waals surface area contributed by atoms with E-state index in [2.05, 4.69) is 21.7 Å². The summed E-state index contributed by atoms with van der Waals surface area (Å²) in [6, 6.07) is 11.0. The number of carbonyl (C=O) groups excluding carboxylic acids is 1. The molecule has 2 aromatic rings. The number of amides is 1. The quantitative estimate of drug-likeness (QED) is 0.466. The van der Waals surface area contributed by atoms with Crippen molar-refractivity contribution in [3.05, 3.63) is 59.8 Å². The number of allylic oxidation sites excluding steroid dienone is 1. The van der Waals surface area contributed by atoms with Crippen LogP contribution in [0, 0.1) is 0 Å². The lowest BCUT2D eigenvalue weighted by Gasteiger charge is -2.13. The molecule has 1 heterocycles. The molecule has 0 saturated heterocycles. The van der Waals surface area contributed by atoms with E-state index in [1.165, 1.54) is 31.3 Å². The Kier molecular flexibility index (Phi) is 7.92. The van der Waals surface area contributed by atoms with E-state index in [-0.39, 0.29) is 5.91 Å². The highest BCUT2D eigenvalue weighted by molar-refractivity contribution is 5.94. The highest BCUT2D eigenvalue weighted by Crippen LogP contribution is 2.20. The number of hydrogen-bond acceptors (Lipinski definition) is 5. The zero-order valence-corrected chi connectivity index (χ0v) is 16.9. The highest BCUT2D eigenvalue weighted by Gasteiger charge is 2.07. The fourth-order valence-corrected chi connectivity index (χ4v) is 3.22. The normalized spacial score (nSPS) is 13.3. The van der Waals surface area contributed by atoms with Crippen molar-refractivity contribution in [2.24, 2.45) is 0 Å². The molecule has 0 radical (unpaired) electrons. The molecule has 1 aromatic heterocycles. The molecule has 1 aromatic carbocycles. The van der Waals surface area contributed by atoms with Gasteiger partial charge in [-0.05, 0) is 68.5 Å². The number of carbonyl (C=O) groups is 1. The fourth-order valence-electron chi connectivity index (χ4n) is 3.22. The van der Waals surface area contributed by atoms with Crippen LogP contribution in [0.1, 0.15) is 42.5 Å². The smallest absolute Gasteiger partial charge is 0.252 e. The van der Waals surface area contributed by atoms with Crippen molar-refractivity contribution in [2.75, 3.05) is 32.1 Å². The molecule has 3 rings (SSSR count). The Morgan fingerprint density at radius 3 is 2.59 bits per heavy atom. The maximum atomic E-state index is 12.2. The number of benzene rings is 1. The largest absolute Gasteiger partial charge is 0.497 e. The summed E-state index contributed by atoms with van der Waals surface area (Å²) in [5.41, 5.74) is 2.08. The van der Waals surface area contributed by atoms with Crippen molar-refractivity contribution in [3.63, 3.8) is 0 Å². The number of rotatable bonds is 10. The fraction of sp³-hybridized carbons (Fsp3) is 0.391. The van der Waals surface area contributed by atoms with E-state index in [1.807, 2.05) is 30.3 Å². The number of aromatic nitrogens is 1. The molecular weight excluding hydrogens is 366 g/mol. The van der Waals surface area contributed by atoms with Gasteiger partial charge in [0.05, 0.1) is 19.2 Å². The number of hydrogen-bond donors (Lipinski definition) is 2. The third-order valence-electron chi connectivity index (χ3n) is 4.88. The van der Waals surface area contributed by atoms with Gasteiger partial charge in [-0.1, -0.05) is 11.6 Å². The van der Waals surface area contributed by atoms with E-state index in [4.69, 9.17) is 9.47 Å². The molecule has 6 nitrogen and oxygen atoms in total. The van der Waals surface area contributed by atoms with E-state index in [9.17, 15) is 4.79 Å². The summed E-state index contributed by atoms with van der Waals surface area (Å²) in [6.07, 6.45) is 10.1. The summed E-state index contributed by atoms with van der Waals surface area (Å²) in [7, 11) is 1.62. The lowest BCUT2D eigenvalue weighted by Crippen LogP contribution is -2.28. The molecule has 0 unspecified atom stereocenters. The average Bonchev–Trinajstić information content (AvgIpc) is 2.78. The van der Waals surface area contributed by atoms with Gasteiger partial charge >= 0.3 is 0 Å². The number of anilines is 1. The van der Waals surface area contributed by atoms with Crippen LogP contribution < -0.4 is 20.1 Å². The minimum atomic E-state index is -0.158. The first-order chi connectivity index (χ1) is 14.2. The van der Waals surface area contributed by atoms with E-state index >= 15 is 0 Å². The van der Waals surface area contributed by atoms with Gasteiger partial charge in [0.15, 0.2) is 0 Å². The third-order valence-corrected chi connectivity index (χ3v) is 4.88. The molecule has 0 bridgehead atoms. The van der Waals surface area contributed by atoms with E-state index < -0.39 is 0 Å². The molecule has 154 valence electrons. The second-order valence-corrected chi connectivity index (χ2v) is 7.00. The van der Waals surface area contributed by atoms with Crippen LogP contribution in [0.25, 0.3) is 0 Å². The number of pyridine rings is 1. The van der Waals surface area contributed by atoms with Gasteiger partial charge in [0.1, 0.15) is 23.9 Å². The SMILES string of the molecule is COc1ccc(OCCNC(=O)c2ccc(NCCC3=CCCCC3)nc2)cc1. The average molecular weight is 396 g/mol. The monoisotopic (exact) mass is 395 g/mol. The van der Waals surface area contributed by atoms with Crippen LogP contribution in [-0.2, 0) is 0 Å². The van der Waals surface area contributed by atoms with Crippen molar-refractivity contribution < 1.29 is 14.3 Å². The second kappa shape index (κ2) is 11.1. The topological polar surface area (TPSA) is 72.5 Å². The summed E-state index contributed by atoms with van der Waals surface area (Å²) in [5, 5.41) is 6.17. The third kappa shape index (κ3) is 6.82. The van der Waals surface area contributed by atoms with E-state index in [0.29, 0.717) is 18.7 Å². The first kappa shape index (κ1) is 20.7. The Labute approximate surface area is 172 Å². The molecular formula is C23H29N3O3. The number of nitrogens with zero attached hydrogens (tertiary/aromatic N) is 1. The Balaban J connectivity index is 1.35. The van der Waals surface area contributed by atoms with Crippen LogP contribution in [0.15, 0.2) is 54.2 Å². The zero-order chi connectivity index (χ0) is 20.3. The van der Waals surface area contributed by atoms with Crippen LogP contribution in [-0.4, -0.2) is 37.7 Å². The van der Waals surface area contributed by atoms with E-state index in [0.717, 1.165) is 30.3 Å². The molecule has 1 aliphatic rings. The molecule has 29 heavy (non-hydrogen) atoms. The lowest BCUT2D eigenvalue weighted by molar-refractivity contribution is 0.0946. The summed E-state index contributed by atoms with van der Waals surface area (Å²) < 4.78 is 10.7. The lowest BCUT2D eigenvalue weighted by atomic mass is 9.97. The van der Waals surface area contributed by atoms with Gasteiger partial charge in [-0.15, -0.1) is 0 Å². The predicted octanol–water partition coefficient (Wildman–Crippen LogP) is 4.20. The predicted molar refractivity (Wildman–Crippen MR) is 115 cm³/mol. The Morgan fingerprint density at radius 1 is 1.07 bits per heavy atom. The van der Waals surface area contributed by atoms with Gasteiger partial charge in [-0.3, -0.25) is 4.79 Å². The van der Waals surface area contributed by atoms with Gasteiger partial charge in [0.25, 0.3) is 5.91 Å². The van der Waals surface area contributed by atoms with Gasteiger partial charge in [0.2, 0.25) is 0 Å². The van der Waals surface area contributed by atoms with Crippen LogP contribution in [0.2, 0.25) is 0 Å². The van der Waals surface area contributed by atoms with Crippen molar-refractivity contribution in [1.82, 2.24) is 10.3 Å². The Morgan fingerprint density at radius 2 is 1.90 bits per heavy atom. The molecule has 0 aliphatic heterocycles. The van der Waals surface area contributed by atoms with Crippen molar-refractivity contribution >= 4 is 11.7 Å². The molecule has 1 amide bonds. The molecule has 0 fully saturated rings. The molecule has 0 saturated carbocycles. The standard InChI is InChI=1S/C23H29N3O3/c1-28-20-8-10-21(11-9-20)29-16-15-25-23(27)19-7-12-22(26-17-19)24-14-13-18-5-3-2-4-6-18/h5,7-12,17H,2-4,6,13-16H2,1H3,(H,24,26)(H,25,27). The van der Waals surface area contributed by atoms with Gasteiger partial charge < -0.3 is 20.1 Å². The highest BCUT2D eigenvalue weighted by atomic mass is 16.5. The molecule has 0 atom stereocenters. The van der Waals surface area contributed by atoms with Crippen LogP contribution >= 0.6 is 0 Å². The molecule has 6 heteroatoms. The maximum Gasteiger partial charge on any atom is 0.252 e. The minimum absolute atomic E-state index is 0.158. The van der Waals surface area contributed by atoms with Crippen LogP contribution in [0.3, 0.4) is 0 Å². The molecule has 1 aliphatic carbocycles. The van der Waals surface area contributed by atoms with Crippen LogP contribution in [0.5, 0.6) is 11.5 Å². The zero-order valence-electron chi connectivity index (χ0n) is 16.9. The summed E-state index contributed by atoms with van der Waals surface area (Å²) >= 11 is 0. The first-order valence-electron chi connectivity index (χ1n) is 10.2. The molecule has 2 N–H and O–H groups in total. The second-order valence-electron chi connectivity index (χ2n) is 7.00. The Bertz CT molecular complexity index is 801. The van der Waals surface area contributed by atoms with Crippen molar-refractivity contribution in [3.8, 4) is 11.5 Å².